The van der Waals surface area contributed by atoms with Gasteiger partial charge in [-0.3, -0.25) is 0 Å². The molecule has 1 aromatic rings. The molecule has 0 saturated heterocycles. The molecular weight excluding hydrogens is 232 g/mol. The van der Waals surface area contributed by atoms with Gasteiger partial charge < -0.3 is 4.74 Å². The van der Waals surface area contributed by atoms with Gasteiger partial charge in [-0.1, -0.05) is 18.5 Å². The summed E-state index contributed by atoms with van der Waals surface area (Å²) in [6.45, 7) is 8.62. The maximum absolute atomic E-state index is 6.15. The largest absolute Gasteiger partial charge is 0.494 e. The minimum atomic E-state index is 0.318. The summed E-state index contributed by atoms with van der Waals surface area (Å²) in [7, 11) is 0. The average Bonchev–Trinajstić information content (AvgIpc) is 2.26. The molecule has 0 N–H and O–H groups in total. The quantitative estimate of drug-likeness (QED) is 0.726. The Bertz CT molecular complexity index is 440. The van der Waals surface area contributed by atoms with Crippen molar-refractivity contribution in [3.63, 3.8) is 0 Å². The van der Waals surface area contributed by atoms with E-state index in [2.05, 4.69) is 18.8 Å². The monoisotopic (exact) mass is 250 g/mol. The first-order chi connectivity index (χ1) is 8.08. The van der Waals surface area contributed by atoms with Crippen LogP contribution >= 0.6 is 11.6 Å². The van der Waals surface area contributed by atoms with E-state index in [4.69, 9.17) is 16.3 Å². The summed E-state index contributed by atoms with van der Waals surface area (Å²) in [6.07, 6.45) is 0.871. The van der Waals surface area contributed by atoms with Crippen LogP contribution in [0.5, 0.6) is 5.75 Å². The van der Waals surface area contributed by atoms with Gasteiger partial charge >= 0.3 is 0 Å². The van der Waals surface area contributed by atoms with Crippen molar-refractivity contribution >= 4 is 11.6 Å². The number of rotatable bonds is 4. The molecule has 2 heteroatoms. The highest BCUT2D eigenvalue weighted by atomic mass is 35.5. The fraction of sp³-hybridized carbons (Fsp3) is 0.467. The standard InChI is InChI=1S/C15H19ClO/c1-5-7-11(3)8-13-10-14(16)12(4)9-15(13)17-6-2/h9-11H,6,8H2,1-4H3. The fourth-order valence-electron chi connectivity index (χ4n) is 1.77. The van der Waals surface area contributed by atoms with Crippen molar-refractivity contribution in [2.75, 3.05) is 6.61 Å². The second kappa shape index (κ2) is 6.57. The van der Waals surface area contributed by atoms with E-state index in [-0.39, 0.29) is 0 Å². The number of hydrogen-bond donors (Lipinski definition) is 0. The van der Waals surface area contributed by atoms with Crippen LogP contribution in [0.2, 0.25) is 5.02 Å². The van der Waals surface area contributed by atoms with Crippen LogP contribution < -0.4 is 4.74 Å². The van der Waals surface area contributed by atoms with Crippen molar-refractivity contribution in [3.05, 3.63) is 28.3 Å². The third kappa shape index (κ3) is 3.98. The second-order valence-corrected chi connectivity index (χ2v) is 4.55. The number of aryl methyl sites for hydroxylation is 1. The van der Waals surface area contributed by atoms with Crippen molar-refractivity contribution in [1.82, 2.24) is 0 Å². The van der Waals surface area contributed by atoms with Gasteiger partial charge in [0.1, 0.15) is 5.75 Å². The van der Waals surface area contributed by atoms with Gasteiger partial charge in [0.15, 0.2) is 0 Å². The highest BCUT2D eigenvalue weighted by molar-refractivity contribution is 6.31. The molecule has 0 aromatic heterocycles. The maximum Gasteiger partial charge on any atom is 0.122 e. The molecule has 17 heavy (non-hydrogen) atoms. The van der Waals surface area contributed by atoms with Gasteiger partial charge in [-0.2, -0.15) is 0 Å². The van der Waals surface area contributed by atoms with E-state index in [0.29, 0.717) is 12.5 Å². The lowest BCUT2D eigenvalue weighted by atomic mass is 9.99. The molecule has 0 amide bonds. The molecule has 92 valence electrons. The average molecular weight is 251 g/mol. The van der Waals surface area contributed by atoms with Crippen LogP contribution in [-0.2, 0) is 6.42 Å². The van der Waals surface area contributed by atoms with Gasteiger partial charge in [-0.05, 0) is 50.5 Å². The zero-order valence-electron chi connectivity index (χ0n) is 10.9. The lowest BCUT2D eigenvalue weighted by Crippen LogP contribution is -2.02. The van der Waals surface area contributed by atoms with Gasteiger partial charge in [0, 0.05) is 10.9 Å². The van der Waals surface area contributed by atoms with Crippen LogP contribution in [0.4, 0.5) is 0 Å². The van der Waals surface area contributed by atoms with Gasteiger partial charge in [0.25, 0.3) is 0 Å². The lowest BCUT2D eigenvalue weighted by molar-refractivity contribution is 0.335. The Morgan fingerprint density at radius 2 is 2.12 bits per heavy atom. The molecule has 0 heterocycles. The van der Waals surface area contributed by atoms with Crippen molar-refractivity contribution < 1.29 is 4.74 Å². The number of halogens is 1. The highest BCUT2D eigenvalue weighted by Crippen LogP contribution is 2.28. The first-order valence-electron chi connectivity index (χ1n) is 5.92. The van der Waals surface area contributed by atoms with E-state index >= 15 is 0 Å². The summed E-state index contributed by atoms with van der Waals surface area (Å²) in [6, 6.07) is 4.00. The fourth-order valence-corrected chi connectivity index (χ4v) is 1.96. The summed E-state index contributed by atoms with van der Waals surface area (Å²) in [5, 5.41) is 0.792. The van der Waals surface area contributed by atoms with Crippen LogP contribution in [0.1, 0.15) is 31.9 Å². The highest BCUT2D eigenvalue weighted by Gasteiger charge is 2.10. The minimum Gasteiger partial charge on any atom is -0.494 e. The van der Waals surface area contributed by atoms with E-state index in [9.17, 15) is 0 Å². The van der Waals surface area contributed by atoms with Gasteiger partial charge in [0.05, 0.1) is 6.61 Å². The molecule has 0 aliphatic rings. The Morgan fingerprint density at radius 1 is 1.41 bits per heavy atom. The first-order valence-corrected chi connectivity index (χ1v) is 6.30. The molecule has 1 unspecified atom stereocenters. The summed E-state index contributed by atoms with van der Waals surface area (Å²) < 4.78 is 5.65. The van der Waals surface area contributed by atoms with Crippen LogP contribution in [0, 0.1) is 24.7 Å². The minimum absolute atomic E-state index is 0.318. The van der Waals surface area contributed by atoms with Crippen molar-refractivity contribution in [2.45, 2.75) is 34.1 Å². The van der Waals surface area contributed by atoms with Gasteiger partial charge in [-0.25, -0.2) is 0 Å². The van der Waals surface area contributed by atoms with Crippen molar-refractivity contribution in [1.29, 1.82) is 0 Å². The summed E-state index contributed by atoms with van der Waals surface area (Å²) >= 11 is 6.15. The smallest absolute Gasteiger partial charge is 0.122 e. The predicted octanol–water partition coefficient (Wildman–Crippen LogP) is 4.25. The third-order valence-electron chi connectivity index (χ3n) is 2.56. The van der Waals surface area contributed by atoms with E-state index in [1.807, 2.05) is 32.9 Å². The molecule has 0 radical (unpaired) electrons. The van der Waals surface area contributed by atoms with E-state index < -0.39 is 0 Å². The topological polar surface area (TPSA) is 9.23 Å². The van der Waals surface area contributed by atoms with Gasteiger partial charge in [-0.15, -0.1) is 11.8 Å². The van der Waals surface area contributed by atoms with E-state index in [1.165, 1.54) is 0 Å². The third-order valence-corrected chi connectivity index (χ3v) is 2.97. The normalized spacial score (nSPS) is 11.6. The second-order valence-electron chi connectivity index (χ2n) is 4.14. The van der Waals surface area contributed by atoms with Crippen LogP contribution in [0.15, 0.2) is 12.1 Å². The molecule has 0 aliphatic carbocycles. The summed E-state index contributed by atoms with van der Waals surface area (Å²) in [4.78, 5) is 0. The number of hydrogen-bond acceptors (Lipinski definition) is 1. The van der Waals surface area contributed by atoms with E-state index in [1.54, 1.807) is 0 Å². The number of ether oxygens (including phenoxy) is 1. The molecular formula is C15H19ClO. The molecule has 1 atom stereocenters. The predicted molar refractivity (Wildman–Crippen MR) is 73.7 cm³/mol. The lowest BCUT2D eigenvalue weighted by Gasteiger charge is -2.13. The zero-order chi connectivity index (χ0) is 12.8. The Morgan fingerprint density at radius 3 is 2.71 bits per heavy atom. The molecule has 1 rings (SSSR count). The molecule has 0 spiro atoms. The molecule has 0 aliphatic heterocycles. The maximum atomic E-state index is 6.15. The SMILES string of the molecule is CC#CC(C)Cc1cc(Cl)c(C)cc1OCC. The molecule has 0 saturated carbocycles. The Kier molecular flexibility index (Phi) is 5.38. The van der Waals surface area contributed by atoms with E-state index in [0.717, 1.165) is 28.3 Å². The molecule has 1 nitrogen and oxygen atoms in total. The zero-order valence-corrected chi connectivity index (χ0v) is 11.7. The van der Waals surface area contributed by atoms with Gasteiger partial charge in [0.2, 0.25) is 0 Å². The Balaban J connectivity index is 3.01. The number of benzene rings is 1. The van der Waals surface area contributed by atoms with Crippen LogP contribution in [0.3, 0.4) is 0 Å². The summed E-state index contributed by atoms with van der Waals surface area (Å²) in [5.74, 6) is 7.34. The molecule has 0 bridgehead atoms. The van der Waals surface area contributed by atoms with Crippen molar-refractivity contribution in [3.8, 4) is 17.6 Å². The van der Waals surface area contributed by atoms with Crippen molar-refractivity contribution in [2.24, 2.45) is 5.92 Å². The Hall–Kier alpha value is -1.13. The Labute approximate surface area is 109 Å². The van der Waals surface area contributed by atoms with Crippen LogP contribution in [-0.4, -0.2) is 6.61 Å². The van der Waals surface area contributed by atoms with Crippen LogP contribution in [0.25, 0.3) is 0 Å². The summed E-state index contributed by atoms with van der Waals surface area (Å²) in [5.41, 5.74) is 2.19. The molecule has 1 aromatic carbocycles. The molecule has 0 fully saturated rings. The first kappa shape index (κ1) is 13.9.